The summed E-state index contributed by atoms with van der Waals surface area (Å²) in [5, 5.41) is 7.55. The normalized spacial score (nSPS) is 23.6. The molecule has 1 aliphatic heterocycles. The standard InChI is InChI=1S/C15H24N2O2S/c1-11-14(18)17(10-15(2,3)6-7-19-4)13(16-11)12-5-8-20-9-12/h5,8-9,11,13,16H,6-7,10H2,1-4H3. The molecule has 0 bridgehead atoms. The largest absolute Gasteiger partial charge is 0.385 e. The molecule has 5 heteroatoms. The average Bonchev–Trinajstić information content (AvgIpc) is 3.00. The minimum atomic E-state index is -0.113. The van der Waals surface area contributed by atoms with Gasteiger partial charge in [0.1, 0.15) is 6.17 Å². The second-order valence-electron chi connectivity index (χ2n) is 6.22. The van der Waals surface area contributed by atoms with Crippen molar-refractivity contribution in [2.45, 2.75) is 39.4 Å². The van der Waals surface area contributed by atoms with Crippen LogP contribution in [-0.2, 0) is 9.53 Å². The van der Waals surface area contributed by atoms with Crippen LogP contribution in [0.3, 0.4) is 0 Å². The first-order valence-corrected chi connectivity index (χ1v) is 7.96. The Hall–Kier alpha value is -0.910. The van der Waals surface area contributed by atoms with Crippen molar-refractivity contribution < 1.29 is 9.53 Å². The van der Waals surface area contributed by atoms with E-state index in [9.17, 15) is 4.79 Å². The zero-order chi connectivity index (χ0) is 14.8. The molecule has 0 aliphatic carbocycles. The van der Waals surface area contributed by atoms with Crippen LogP contribution in [0.25, 0.3) is 0 Å². The molecule has 1 saturated heterocycles. The smallest absolute Gasteiger partial charge is 0.241 e. The predicted octanol–water partition coefficient (Wildman–Crippen LogP) is 2.63. The summed E-state index contributed by atoms with van der Waals surface area (Å²) >= 11 is 1.66. The fraction of sp³-hybridized carbons (Fsp3) is 0.667. The van der Waals surface area contributed by atoms with E-state index in [-0.39, 0.29) is 23.5 Å². The van der Waals surface area contributed by atoms with Gasteiger partial charge in [-0.05, 0) is 41.1 Å². The lowest BCUT2D eigenvalue weighted by atomic mass is 9.88. The second kappa shape index (κ2) is 6.24. The highest BCUT2D eigenvalue weighted by molar-refractivity contribution is 7.07. The van der Waals surface area contributed by atoms with Crippen molar-refractivity contribution in [3.8, 4) is 0 Å². The molecule has 0 saturated carbocycles. The van der Waals surface area contributed by atoms with Gasteiger partial charge in [0.2, 0.25) is 5.91 Å². The molecule has 2 atom stereocenters. The molecule has 1 amide bonds. The van der Waals surface area contributed by atoms with E-state index >= 15 is 0 Å². The maximum Gasteiger partial charge on any atom is 0.241 e. The molecule has 1 aromatic rings. The van der Waals surface area contributed by atoms with Crippen molar-refractivity contribution >= 4 is 17.2 Å². The number of amides is 1. The monoisotopic (exact) mass is 296 g/mol. The van der Waals surface area contributed by atoms with Gasteiger partial charge in [-0.3, -0.25) is 10.1 Å². The Bertz CT molecular complexity index is 445. The fourth-order valence-corrected chi connectivity index (χ4v) is 3.25. The van der Waals surface area contributed by atoms with E-state index in [0.717, 1.165) is 19.6 Å². The van der Waals surface area contributed by atoms with Crippen molar-refractivity contribution in [1.29, 1.82) is 0 Å². The number of hydrogen-bond acceptors (Lipinski definition) is 4. The fourth-order valence-electron chi connectivity index (χ4n) is 2.57. The molecular weight excluding hydrogens is 272 g/mol. The van der Waals surface area contributed by atoms with Gasteiger partial charge in [0, 0.05) is 20.3 Å². The Morgan fingerprint density at radius 3 is 2.85 bits per heavy atom. The zero-order valence-corrected chi connectivity index (χ0v) is 13.5. The number of carbonyl (C=O) groups excluding carboxylic acids is 1. The van der Waals surface area contributed by atoms with E-state index in [0.29, 0.717) is 0 Å². The van der Waals surface area contributed by atoms with Gasteiger partial charge in [0.05, 0.1) is 6.04 Å². The molecule has 1 aromatic heterocycles. The molecule has 112 valence electrons. The maximum absolute atomic E-state index is 12.4. The summed E-state index contributed by atoms with van der Waals surface area (Å²) < 4.78 is 5.17. The van der Waals surface area contributed by atoms with E-state index in [1.807, 2.05) is 11.8 Å². The van der Waals surface area contributed by atoms with Gasteiger partial charge >= 0.3 is 0 Å². The zero-order valence-electron chi connectivity index (χ0n) is 12.7. The number of ether oxygens (including phenoxy) is 1. The predicted molar refractivity (Wildman–Crippen MR) is 81.6 cm³/mol. The summed E-state index contributed by atoms with van der Waals surface area (Å²) in [4.78, 5) is 14.4. The Morgan fingerprint density at radius 1 is 1.50 bits per heavy atom. The highest BCUT2D eigenvalue weighted by Gasteiger charge is 2.39. The van der Waals surface area contributed by atoms with Crippen molar-refractivity contribution in [3.63, 3.8) is 0 Å². The lowest BCUT2D eigenvalue weighted by Crippen LogP contribution is -2.39. The van der Waals surface area contributed by atoms with Crippen LogP contribution < -0.4 is 5.32 Å². The van der Waals surface area contributed by atoms with Crippen LogP contribution in [0.1, 0.15) is 38.9 Å². The molecule has 0 radical (unpaired) electrons. The Kier molecular flexibility index (Phi) is 4.83. The maximum atomic E-state index is 12.4. The van der Waals surface area contributed by atoms with E-state index in [4.69, 9.17) is 4.74 Å². The number of carbonyl (C=O) groups is 1. The number of rotatable bonds is 6. The minimum absolute atomic E-state index is 0.00516. The molecular formula is C15H24N2O2S. The average molecular weight is 296 g/mol. The van der Waals surface area contributed by atoms with Gasteiger partial charge in [-0.15, -0.1) is 0 Å². The summed E-state index contributed by atoms with van der Waals surface area (Å²) in [5.74, 6) is 0.187. The molecule has 2 unspecified atom stereocenters. The summed E-state index contributed by atoms with van der Waals surface area (Å²) in [7, 11) is 1.72. The van der Waals surface area contributed by atoms with Crippen molar-refractivity contribution in [2.24, 2.45) is 5.41 Å². The van der Waals surface area contributed by atoms with Crippen LogP contribution in [0.2, 0.25) is 0 Å². The number of thiophene rings is 1. The van der Waals surface area contributed by atoms with E-state index < -0.39 is 0 Å². The molecule has 4 nitrogen and oxygen atoms in total. The quantitative estimate of drug-likeness (QED) is 0.877. The summed E-state index contributed by atoms with van der Waals surface area (Å²) in [6, 6.07) is 1.97. The summed E-state index contributed by atoms with van der Waals surface area (Å²) in [6.07, 6.45) is 0.948. The summed E-state index contributed by atoms with van der Waals surface area (Å²) in [6.45, 7) is 7.78. The third-order valence-corrected chi connectivity index (χ3v) is 4.51. The topological polar surface area (TPSA) is 41.6 Å². The van der Waals surface area contributed by atoms with Gasteiger partial charge in [-0.2, -0.15) is 11.3 Å². The van der Waals surface area contributed by atoms with Gasteiger partial charge < -0.3 is 9.64 Å². The molecule has 1 aliphatic rings. The minimum Gasteiger partial charge on any atom is -0.385 e. The first kappa shape index (κ1) is 15.5. The highest BCUT2D eigenvalue weighted by Crippen LogP contribution is 2.31. The van der Waals surface area contributed by atoms with Gasteiger partial charge in [0.25, 0.3) is 0 Å². The number of hydrogen-bond donors (Lipinski definition) is 1. The van der Waals surface area contributed by atoms with Crippen LogP contribution in [0, 0.1) is 5.41 Å². The molecule has 0 aromatic carbocycles. The molecule has 2 heterocycles. The van der Waals surface area contributed by atoms with Crippen LogP contribution in [-0.4, -0.2) is 37.1 Å². The second-order valence-corrected chi connectivity index (χ2v) is 7.00. The lowest BCUT2D eigenvalue weighted by Gasteiger charge is -2.33. The molecule has 20 heavy (non-hydrogen) atoms. The summed E-state index contributed by atoms with van der Waals surface area (Å²) in [5.41, 5.74) is 1.22. The van der Waals surface area contributed by atoms with Crippen LogP contribution >= 0.6 is 11.3 Å². The van der Waals surface area contributed by atoms with Gasteiger partial charge in [-0.1, -0.05) is 13.8 Å². The Morgan fingerprint density at radius 2 is 2.25 bits per heavy atom. The Balaban J connectivity index is 2.12. The lowest BCUT2D eigenvalue weighted by molar-refractivity contribution is -0.131. The molecule has 2 rings (SSSR count). The van der Waals surface area contributed by atoms with E-state index in [1.54, 1.807) is 18.4 Å². The first-order chi connectivity index (χ1) is 9.44. The van der Waals surface area contributed by atoms with Crippen LogP contribution in [0.5, 0.6) is 0 Å². The van der Waals surface area contributed by atoms with E-state index in [2.05, 4.69) is 36.0 Å². The SMILES string of the molecule is COCCC(C)(C)CN1C(=O)C(C)NC1c1ccsc1. The van der Waals surface area contributed by atoms with E-state index in [1.165, 1.54) is 5.56 Å². The van der Waals surface area contributed by atoms with Crippen LogP contribution in [0.4, 0.5) is 0 Å². The number of nitrogens with one attached hydrogen (secondary N) is 1. The van der Waals surface area contributed by atoms with Crippen molar-refractivity contribution in [3.05, 3.63) is 22.4 Å². The van der Waals surface area contributed by atoms with Crippen molar-refractivity contribution in [2.75, 3.05) is 20.3 Å². The number of nitrogens with zero attached hydrogens (tertiary/aromatic N) is 1. The molecule has 1 fully saturated rings. The van der Waals surface area contributed by atoms with Gasteiger partial charge in [-0.25, -0.2) is 0 Å². The third kappa shape index (κ3) is 3.40. The Labute approximate surface area is 125 Å². The first-order valence-electron chi connectivity index (χ1n) is 7.02. The molecule has 0 spiro atoms. The highest BCUT2D eigenvalue weighted by atomic mass is 32.1. The van der Waals surface area contributed by atoms with Crippen molar-refractivity contribution in [1.82, 2.24) is 10.2 Å². The third-order valence-electron chi connectivity index (χ3n) is 3.81. The van der Waals surface area contributed by atoms with Gasteiger partial charge in [0.15, 0.2) is 0 Å². The number of methoxy groups -OCH3 is 1. The molecule has 1 N–H and O–H groups in total. The van der Waals surface area contributed by atoms with Crippen LogP contribution in [0.15, 0.2) is 16.8 Å².